The minimum Gasteiger partial charge on any atom is -0.493 e. The lowest BCUT2D eigenvalue weighted by atomic mass is 9.93. The molecule has 1 atom stereocenters. The van der Waals surface area contributed by atoms with Gasteiger partial charge in [0, 0.05) is 29.9 Å². The summed E-state index contributed by atoms with van der Waals surface area (Å²) in [7, 11) is 4.74. The number of H-pyrrole nitrogens is 1. The molecule has 2 aromatic carbocycles. The van der Waals surface area contributed by atoms with Gasteiger partial charge in [0.2, 0.25) is 0 Å². The van der Waals surface area contributed by atoms with Crippen LogP contribution in [0.3, 0.4) is 0 Å². The molecule has 1 aliphatic rings. The Morgan fingerprint density at radius 2 is 1.83 bits per heavy atom. The second-order valence-electron chi connectivity index (χ2n) is 8.11. The summed E-state index contributed by atoms with van der Waals surface area (Å²) >= 11 is 0. The molecule has 1 aromatic heterocycles. The number of hydrogen-bond donors (Lipinski definition) is 3. The summed E-state index contributed by atoms with van der Waals surface area (Å²) in [5, 5.41) is 18.4. The van der Waals surface area contributed by atoms with Crippen LogP contribution < -0.4 is 20.1 Å². The Morgan fingerprint density at radius 3 is 2.46 bits per heavy atom. The molecule has 1 unspecified atom stereocenters. The molecule has 10 nitrogen and oxygen atoms in total. The first-order chi connectivity index (χ1) is 16.9. The first kappa shape index (κ1) is 23.8. The lowest BCUT2D eigenvalue weighted by Gasteiger charge is -2.22. The summed E-state index contributed by atoms with van der Waals surface area (Å²) in [4.78, 5) is 25.2. The third kappa shape index (κ3) is 4.96. The molecule has 1 aliphatic heterocycles. The molecule has 10 heteroatoms. The van der Waals surface area contributed by atoms with Crippen LogP contribution in [-0.2, 0) is 13.0 Å². The summed E-state index contributed by atoms with van der Waals surface area (Å²) in [6.07, 6.45) is 2.21. The van der Waals surface area contributed by atoms with E-state index >= 15 is 0 Å². The van der Waals surface area contributed by atoms with Crippen LogP contribution >= 0.6 is 0 Å². The highest BCUT2D eigenvalue weighted by molar-refractivity contribution is 6.15. The number of rotatable bonds is 6. The van der Waals surface area contributed by atoms with E-state index < -0.39 is 0 Å². The van der Waals surface area contributed by atoms with Crippen molar-refractivity contribution in [1.82, 2.24) is 25.8 Å². The molecule has 3 amide bonds. The minimum atomic E-state index is -0.309. The summed E-state index contributed by atoms with van der Waals surface area (Å²) in [5.74, 6) is 0.964. The molecule has 0 saturated heterocycles. The van der Waals surface area contributed by atoms with Gasteiger partial charge in [-0.1, -0.05) is 12.1 Å². The first-order valence-corrected chi connectivity index (χ1v) is 11.2. The maximum absolute atomic E-state index is 12.6. The second kappa shape index (κ2) is 10.3. The number of methoxy groups -OCH3 is 2. The second-order valence-corrected chi connectivity index (χ2v) is 8.11. The van der Waals surface area contributed by atoms with E-state index in [1.54, 1.807) is 45.7 Å². The van der Waals surface area contributed by atoms with Crippen LogP contribution in [0.2, 0.25) is 0 Å². The average Bonchev–Trinajstić information content (AvgIpc) is 3.36. The van der Waals surface area contributed by atoms with Crippen LogP contribution in [0.4, 0.5) is 4.79 Å². The summed E-state index contributed by atoms with van der Waals surface area (Å²) < 4.78 is 11.0. The number of ether oxygens (including phenoxy) is 2. The van der Waals surface area contributed by atoms with Crippen LogP contribution in [0, 0.1) is 0 Å². The van der Waals surface area contributed by atoms with Crippen molar-refractivity contribution in [3.8, 4) is 11.5 Å². The number of hydrogen-bond acceptors (Lipinski definition) is 6. The predicted octanol–water partition coefficient (Wildman–Crippen LogP) is 2.70. The number of urea groups is 1. The van der Waals surface area contributed by atoms with Crippen LogP contribution in [-0.4, -0.2) is 60.2 Å². The van der Waals surface area contributed by atoms with Gasteiger partial charge in [0.1, 0.15) is 0 Å². The number of carbonyl (C=O) groups excluding carboxylic acids is 2. The van der Waals surface area contributed by atoms with Crippen molar-refractivity contribution >= 4 is 17.6 Å². The fraction of sp³-hybridized carbons (Fsp3) is 0.280. The maximum atomic E-state index is 12.6. The maximum Gasteiger partial charge on any atom is 0.337 e. The zero-order valence-corrected chi connectivity index (χ0v) is 20.1. The Balaban J connectivity index is 1.71. The van der Waals surface area contributed by atoms with E-state index in [9.17, 15) is 9.59 Å². The lowest BCUT2D eigenvalue weighted by Crippen LogP contribution is -2.41. The van der Waals surface area contributed by atoms with Gasteiger partial charge in [-0.25, -0.2) is 9.80 Å². The van der Waals surface area contributed by atoms with Gasteiger partial charge in [0.05, 0.1) is 38.2 Å². The summed E-state index contributed by atoms with van der Waals surface area (Å²) in [5.41, 5.74) is 4.47. The number of benzene rings is 2. The van der Waals surface area contributed by atoms with Gasteiger partial charge in [0.25, 0.3) is 5.91 Å². The number of aromatic amines is 1. The van der Waals surface area contributed by atoms with E-state index in [0.29, 0.717) is 35.7 Å². The molecule has 4 rings (SSSR count). The number of hydrazone groups is 1. The quantitative estimate of drug-likeness (QED) is 0.505. The Kier molecular flexibility index (Phi) is 7.00. The molecular weight excluding hydrogens is 448 g/mol. The largest absolute Gasteiger partial charge is 0.493 e. The smallest absolute Gasteiger partial charge is 0.337 e. The highest BCUT2D eigenvalue weighted by Gasteiger charge is 2.28. The standard InChI is InChI=1S/C25H28N6O4/c1-15-11-18-12-21(34-3)22(35-4)13-20(18)23(30-31(15)25(33)26-2)16-5-7-17(8-6-16)24(32)27-14-19-9-10-28-29-19/h5-10,12-13,15H,11,14H2,1-4H3,(H,26,33)(H,27,32)(H,28,29). The third-order valence-corrected chi connectivity index (χ3v) is 5.85. The van der Waals surface area contributed by atoms with Crippen molar-refractivity contribution in [3.63, 3.8) is 0 Å². The monoisotopic (exact) mass is 476 g/mol. The van der Waals surface area contributed by atoms with E-state index in [4.69, 9.17) is 14.6 Å². The fourth-order valence-electron chi connectivity index (χ4n) is 3.99. The number of aromatic nitrogens is 2. The van der Waals surface area contributed by atoms with E-state index in [1.807, 2.05) is 31.2 Å². The number of amides is 3. The molecule has 0 spiro atoms. The van der Waals surface area contributed by atoms with Crippen LogP contribution in [0.15, 0.2) is 53.8 Å². The fourth-order valence-corrected chi connectivity index (χ4v) is 3.99. The normalized spacial score (nSPS) is 14.9. The number of nitrogens with zero attached hydrogens (tertiary/aromatic N) is 3. The molecular formula is C25H28N6O4. The Labute approximate surface area is 203 Å². The highest BCUT2D eigenvalue weighted by atomic mass is 16.5. The topological polar surface area (TPSA) is 121 Å². The molecule has 0 bridgehead atoms. The minimum absolute atomic E-state index is 0.197. The highest BCUT2D eigenvalue weighted by Crippen LogP contribution is 2.34. The van der Waals surface area contributed by atoms with Gasteiger partial charge in [-0.2, -0.15) is 10.2 Å². The molecule has 2 heterocycles. The summed E-state index contributed by atoms with van der Waals surface area (Å²) in [6.45, 7) is 2.29. The zero-order valence-electron chi connectivity index (χ0n) is 20.1. The van der Waals surface area contributed by atoms with Crippen molar-refractivity contribution in [2.75, 3.05) is 21.3 Å². The van der Waals surface area contributed by atoms with E-state index in [2.05, 4.69) is 20.8 Å². The van der Waals surface area contributed by atoms with Crippen LogP contribution in [0.25, 0.3) is 0 Å². The molecule has 3 aromatic rings. The van der Waals surface area contributed by atoms with Gasteiger partial charge in [-0.3, -0.25) is 9.89 Å². The van der Waals surface area contributed by atoms with Crippen LogP contribution in [0.5, 0.6) is 11.5 Å². The van der Waals surface area contributed by atoms with Crippen molar-refractivity contribution in [2.24, 2.45) is 5.10 Å². The van der Waals surface area contributed by atoms with Gasteiger partial charge < -0.3 is 20.1 Å². The number of carbonyl (C=O) groups is 2. The van der Waals surface area contributed by atoms with E-state index in [-0.39, 0.29) is 18.0 Å². The average molecular weight is 477 g/mol. The van der Waals surface area contributed by atoms with Crippen LogP contribution in [0.1, 0.15) is 39.7 Å². The van der Waals surface area contributed by atoms with Gasteiger partial charge in [-0.05, 0) is 49.2 Å². The van der Waals surface area contributed by atoms with Gasteiger partial charge in [-0.15, -0.1) is 0 Å². The number of fused-ring (bicyclic) bond motifs is 1. The predicted molar refractivity (Wildman–Crippen MR) is 131 cm³/mol. The molecule has 0 aliphatic carbocycles. The summed E-state index contributed by atoms with van der Waals surface area (Å²) in [6, 6.07) is 12.2. The van der Waals surface area contributed by atoms with Crippen molar-refractivity contribution in [1.29, 1.82) is 0 Å². The third-order valence-electron chi connectivity index (χ3n) is 5.85. The first-order valence-electron chi connectivity index (χ1n) is 11.2. The molecule has 3 N–H and O–H groups in total. The Morgan fingerprint density at radius 1 is 1.11 bits per heavy atom. The molecule has 35 heavy (non-hydrogen) atoms. The van der Waals surface area contributed by atoms with Gasteiger partial charge in [0.15, 0.2) is 11.5 Å². The van der Waals surface area contributed by atoms with Crippen molar-refractivity contribution in [3.05, 3.63) is 76.6 Å². The number of nitrogens with one attached hydrogen (secondary N) is 3. The molecule has 0 radical (unpaired) electrons. The molecule has 182 valence electrons. The zero-order chi connectivity index (χ0) is 24.9. The van der Waals surface area contributed by atoms with Crippen molar-refractivity contribution in [2.45, 2.75) is 25.9 Å². The van der Waals surface area contributed by atoms with Gasteiger partial charge >= 0.3 is 6.03 Å². The van der Waals surface area contributed by atoms with Crippen molar-refractivity contribution < 1.29 is 19.1 Å². The van der Waals surface area contributed by atoms with E-state index in [1.165, 1.54) is 5.01 Å². The Bertz CT molecular complexity index is 1240. The lowest BCUT2D eigenvalue weighted by molar-refractivity contribution is 0.0950. The van der Waals surface area contributed by atoms with E-state index in [0.717, 1.165) is 22.4 Å². The SMILES string of the molecule is CNC(=O)N1N=C(c2ccc(C(=O)NCc3ccn[nH]3)cc2)c2cc(OC)c(OC)cc2CC1C. The molecule has 0 fully saturated rings. The molecule has 0 saturated carbocycles. The Hall–Kier alpha value is -4.34.